The minimum Gasteiger partial charge on any atom is -0.491 e. The van der Waals surface area contributed by atoms with E-state index in [2.05, 4.69) is 31.5 Å². The molecular formula is C31H35Cl2N7O4. The predicted molar refractivity (Wildman–Crippen MR) is 169 cm³/mol. The van der Waals surface area contributed by atoms with Crippen molar-refractivity contribution in [1.82, 2.24) is 25.5 Å². The van der Waals surface area contributed by atoms with Gasteiger partial charge in [0, 0.05) is 46.7 Å². The molecule has 0 aliphatic carbocycles. The fourth-order valence-electron chi connectivity index (χ4n) is 4.64. The summed E-state index contributed by atoms with van der Waals surface area (Å²) >= 11 is 12.6. The summed E-state index contributed by atoms with van der Waals surface area (Å²) in [4.78, 5) is 12.3. The number of ether oxygens (including phenoxy) is 3. The van der Waals surface area contributed by atoms with Gasteiger partial charge in [-0.3, -0.25) is 4.79 Å². The minimum absolute atomic E-state index is 0.0546. The highest BCUT2D eigenvalue weighted by Gasteiger charge is 2.45. The Kier molecular flexibility index (Phi) is 10.5. The quantitative estimate of drug-likeness (QED) is 0.156. The topological polar surface area (TPSA) is 124 Å². The first kappa shape index (κ1) is 31.5. The number of tetrazole rings is 1. The van der Waals surface area contributed by atoms with Gasteiger partial charge in [0.1, 0.15) is 31.3 Å². The van der Waals surface area contributed by atoms with Gasteiger partial charge in [-0.2, -0.15) is 0 Å². The molecule has 1 amide bonds. The van der Waals surface area contributed by atoms with E-state index >= 15 is 0 Å². The molecule has 3 atom stereocenters. The van der Waals surface area contributed by atoms with Crippen molar-refractivity contribution in [3.8, 4) is 5.75 Å². The second-order valence-corrected chi connectivity index (χ2v) is 11.3. The van der Waals surface area contributed by atoms with E-state index in [0.717, 1.165) is 17.8 Å². The lowest BCUT2D eigenvalue weighted by molar-refractivity contribution is -0.190. The van der Waals surface area contributed by atoms with E-state index in [1.54, 1.807) is 18.2 Å². The monoisotopic (exact) mass is 639 g/mol. The zero-order valence-electron chi connectivity index (χ0n) is 24.5. The number of carbonyl (C=O) groups excluding carboxylic acids is 1. The molecule has 1 saturated heterocycles. The SMILES string of the molecule is CCC(C)NC(=O)c1ccc(NCCNc2ccc(OC[C@@H]3CO[C@@](Cn4cnnn4)(c4ccc(Cl)cc4Cl)O3)cc2)cc1. The van der Waals surface area contributed by atoms with Gasteiger partial charge in [-0.05, 0) is 84.4 Å². The third kappa shape index (κ3) is 8.17. The number of anilines is 2. The largest absolute Gasteiger partial charge is 0.491 e. The molecule has 11 nitrogen and oxygen atoms in total. The number of amides is 1. The Morgan fingerprint density at radius 2 is 1.77 bits per heavy atom. The Morgan fingerprint density at radius 3 is 2.41 bits per heavy atom. The van der Waals surface area contributed by atoms with Crippen LogP contribution in [0.15, 0.2) is 73.1 Å². The lowest BCUT2D eigenvalue weighted by atomic mass is 10.1. The first-order chi connectivity index (χ1) is 21.3. The zero-order chi connectivity index (χ0) is 30.9. The molecule has 3 aromatic carbocycles. The van der Waals surface area contributed by atoms with Gasteiger partial charge in [-0.25, -0.2) is 4.68 Å². The van der Waals surface area contributed by atoms with Crippen LogP contribution in [0.25, 0.3) is 0 Å². The third-order valence-electron chi connectivity index (χ3n) is 7.17. The maximum atomic E-state index is 12.3. The van der Waals surface area contributed by atoms with Crippen LogP contribution in [0.5, 0.6) is 5.75 Å². The van der Waals surface area contributed by atoms with Gasteiger partial charge in [0.05, 0.1) is 11.6 Å². The Labute approximate surface area is 266 Å². The number of hydrogen-bond acceptors (Lipinski definition) is 9. The molecule has 0 saturated carbocycles. The summed E-state index contributed by atoms with van der Waals surface area (Å²) < 4.78 is 20.1. The Hall–Kier alpha value is -3.90. The van der Waals surface area contributed by atoms with Crippen LogP contribution in [0.1, 0.15) is 36.2 Å². The average Bonchev–Trinajstić information content (AvgIpc) is 3.69. The van der Waals surface area contributed by atoms with Crippen LogP contribution in [0, 0.1) is 0 Å². The van der Waals surface area contributed by atoms with E-state index in [-0.39, 0.29) is 31.2 Å². The van der Waals surface area contributed by atoms with E-state index in [4.69, 9.17) is 37.4 Å². The molecule has 5 rings (SSSR count). The van der Waals surface area contributed by atoms with Crippen molar-refractivity contribution in [3.63, 3.8) is 0 Å². The van der Waals surface area contributed by atoms with Gasteiger partial charge in [0.2, 0.25) is 5.79 Å². The summed E-state index contributed by atoms with van der Waals surface area (Å²) in [6, 6.07) is 20.5. The van der Waals surface area contributed by atoms with Crippen molar-refractivity contribution < 1.29 is 19.0 Å². The van der Waals surface area contributed by atoms with E-state index in [1.165, 1.54) is 11.0 Å². The smallest absolute Gasteiger partial charge is 0.251 e. The number of halogens is 2. The maximum absolute atomic E-state index is 12.3. The first-order valence-corrected chi connectivity index (χ1v) is 15.2. The minimum atomic E-state index is -1.20. The van der Waals surface area contributed by atoms with Crippen molar-refractivity contribution in [2.75, 3.05) is 36.9 Å². The maximum Gasteiger partial charge on any atom is 0.251 e. The standard InChI is InChI=1S/C31H35Cl2N7O4/c1-3-21(2)37-30(41)22-4-7-24(8-5-22)34-14-15-35-25-9-11-26(12-10-25)42-17-27-18-43-31(44-27,19-40-20-36-38-39-40)28-13-6-23(32)16-29(28)33/h4-13,16,20-21,27,34-35H,3,14-15,17-19H2,1-2H3,(H,37,41)/t21?,27-,31-/m1/s1. The van der Waals surface area contributed by atoms with Crippen molar-refractivity contribution in [2.24, 2.45) is 0 Å². The molecule has 1 aliphatic rings. The second-order valence-electron chi connectivity index (χ2n) is 10.5. The molecule has 1 aromatic heterocycles. The highest BCUT2D eigenvalue weighted by molar-refractivity contribution is 6.35. The van der Waals surface area contributed by atoms with Crippen molar-refractivity contribution >= 4 is 40.5 Å². The van der Waals surface area contributed by atoms with Crippen LogP contribution in [-0.2, 0) is 21.8 Å². The predicted octanol–water partition coefficient (Wildman–Crippen LogP) is 5.38. The summed E-state index contributed by atoms with van der Waals surface area (Å²) in [6.45, 7) is 6.23. The third-order valence-corrected chi connectivity index (χ3v) is 7.72. The van der Waals surface area contributed by atoms with Crippen LogP contribution in [0.4, 0.5) is 11.4 Å². The summed E-state index contributed by atoms with van der Waals surface area (Å²) in [5, 5.41) is 22.0. The summed E-state index contributed by atoms with van der Waals surface area (Å²) in [5.74, 6) is -0.546. The zero-order valence-corrected chi connectivity index (χ0v) is 26.0. The molecule has 1 unspecified atom stereocenters. The summed E-state index contributed by atoms with van der Waals surface area (Å²) in [5.41, 5.74) is 3.20. The van der Waals surface area contributed by atoms with E-state index in [9.17, 15) is 4.79 Å². The molecular weight excluding hydrogens is 605 g/mol. The first-order valence-electron chi connectivity index (χ1n) is 14.4. The molecule has 4 aromatic rings. The van der Waals surface area contributed by atoms with Gasteiger partial charge in [-0.1, -0.05) is 36.2 Å². The Bertz CT molecular complexity index is 1510. The van der Waals surface area contributed by atoms with Crippen molar-refractivity contribution in [3.05, 3.63) is 94.2 Å². The highest BCUT2D eigenvalue weighted by Crippen LogP contribution is 2.40. The number of hydrogen-bond donors (Lipinski definition) is 3. The molecule has 13 heteroatoms. The lowest BCUT2D eigenvalue weighted by Gasteiger charge is -2.29. The molecule has 0 spiro atoms. The van der Waals surface area contributed by atoms with Crippen LogP contribution < -0.4 is 20.7 Å². The molecule has 3 N–H and O–H groups in total. The number of aromatic nitrogens is 4. The Morgan fingerprint density at radius 1 is 1.07 bits per heavy atom. The Balaban J connectivity index is 1.07. The van der Waals surface area contributed by atoms with E-state index in [1.807, 2.05) is 62.4 Å². The van der Waals surface area contributed by atoms with Crippen LogP contribution in [0.2, 0.25) is 10.0 Å². The molecule has 2 heterocycles. The van der Waals surface area contributed by atoms with E-state index < -0.39 is 5.79 Å². The normalized spacial score (nSPS) is 18.5. The number of benzene rings is 3. The van der Waals surface area contributed by atoms with E-state index in [0.29, 0.717) is 46.6 Å². The van der Waals surface area contributed by atoms with Crippen LogP contribution in [0.3, 0.4) is 0 Å². The fraction of sp³-hybridized carbons (Fsp3) is 0.355. The average molecular weight is 641 g/mol. The summed E-state index contributed by atoms with van der Waals surface area (Å²) in [7, 11) is 0. The molecule has 1 fully saturated rings. The number of rotatable bonds is 14. The van der Waals surface area contributed by atoms with Gasteiger partial charge in [-0.15, -0.1) is 5.10 Å². The van der Waals surface area contributed by atoms with Crippen molar-refractivity contribution in [2.45, 2.75) is 44.7 Å². The van der Waals surface area contributed by atoms with Crippen molar-refractivity contribution in [1.29, 1.82) is 0 Å². The van der Waals surface area contributed by atoms with Crippen LogP contribution in [-0.4, -0.2) is 64.6 Å². The molecule has 44 heavy (non-hydrogen) atoms. The molecule has 232 valence electrons. The molecule has 0 bridgehead atoms. The van der Waals surface area contributed by atoms with Gasteiger partial charge >= 0.3 is 0 Å². The fourth-order valence-corrected chi connectivity index (χ4v) is 5.19. The molecule has 0 radical (unpaired) electrons. The van der Waals surface area contributed by atoms with Crippen LogP contribution >= 0.6 is 23.2 Å². The summed E-state index contributed by atoms with van der Waals surface area (Å²) in [6.07, 6.45) is 2.03. The van der Waals surface area contributed by atoms with Gasteiger partial charge < -0.3 is 30.2 Å². The number of nitrogens with one attached hydrogen (secondary N) is 3. The lowest BCUT2D eigenvalue weighted by Crippen LogP contribution is -2.35. The number of nitrogens with zero attached hydrogens (tertiary/aromatic N) is 4. The van der Waals surface area contributed by atoms with Gasteiger partial charge in [0.25, 0.3) is 5.91 Å². The molecule has 1 aliphatic heterocycles. The second kappa shape index (κ2) is 14.7. The van der Waals surface area contributed by atoms with Gasteiger partial charge in [0.15, 0.2) is 0 Å². The number of carbonyl (C=O) groups is 1. The highest BCUT2D eigenvalue weighted by atomic mass is 35.5.